The van der Waals surface area contributed by atoms with Crippen LogP contribution < -0.4 is 15.5 Å². The van der Waals surface area contributed by atoms with Crippen molar-refractivity contribution in [2.75, 3.05) is 29.9 Å². The monoisotopic (exact) mass is 311 g/mol. The minimum absolute atomic E-state index is 0.0123. The molecule has 1 heterocycles. The molecule has 5 nitrogen and oxygen atoms in total. The number of para-hydroxylation sites is 1. The lowest BCUT2D eigenvalue weighted by Gasteiger charge is -2.24. The maximum absolute atomic E-state index is 11.9. The normalized spacial score (nSPS) is 15.4. The Balaban J connectivity index is 2.59. The molecule has 18 heavy (non-hydrogen) atoms. The Bertz CT molecular complexity index is 504. The van der Waals surface area contributed by atoms with E-state index in [1.54, 1.807) is 16.8 Å². The smallest absolute Gasteiger partial charge is 0.240 e. The van der Waals surface area contributed by atoms with Gasteiger partial charge in [0.1, 0.15) is 0 Å². The van der Waals surface area contributed by atoms with E-state index in [2.05, 4.69) is 15.9 Å². The van der Waals surface area contributed by atoms with Gasteiger partial charge in [-0.1, -0.05) is 6.07 Å². The van der Waals surface area contributed by atoms with Gasteiger partial charge in [0, 0.05) is 24.5 Å². The Morgan fingerprint density at radius 3 is 2.89 bits per heavy atom. The van der Waals surface area contributed by atoms with E-state index in [9.17, 15) is 9.59 Å². The topological polar surface area (TPSA) is 66.6 Å². The molecule has 0 aliphatic carbocycles. The molecule has 2 rings (SSSR count). The summed E-state index contributed by atoms with van der Waals surface area (Å²) >= 11 is 3.43. The van der Waals surface area contributed by atoms with Gasteiger partial charge < -0.3 is 15.5 Å². The molecule has 1 aliphatic heterocycles. The molecule has 0 saturated heterocycles. The summed E-state index contributed by atoms with van der Waals surface area (Å²) in [5.74, 6) is -0.201. The maximum atomic E-state index is 11.9. The molecule has 96 valence electrons. The molecule has 0 fully saturated rings. The molecule has 0 bridgehead atoms. The fourth-order valence-corrected chi connectivity index (χ4v) is 2.59. The number of nitrogens with zero attached hydrogens (tertiary/aromatic N) is 2. The fourth-order valence-electron chi connectivity index (χ4n) is 2.02. The van der Waals surface area contributed by atoms with Crippen LogP contribution in [0.25, 0.3) is 0 Å². The second kappa shape index (κ2) is 5.07. The van der Waals surface area contributed by atoms with Gasteiger partial charge in [-0.3, -0.25) is 9.59 Å². The first kappa shape index (κ1) is 13.0. The van der Waals surface area contributed by atoms with Gasteiger partial charge in [-0.15, -0.1) is 0 Å². The van der Waals surface area contributed by atoms with E-state index in [0.29, 0.717) is 24.3 Å². The second-order valence-corrected chi connectivity index (χ2v) is 4.91. The highest BCUT2D eigenvalue weighted by atomic mass is 79.9. The number of benzene rings is 1. The first-order valence-corrected chi connectivity index (χ1v) is 6.41. The van der Waals surface area contributed by atoms with E-state index in [1.165, 1.54) is 0 Å². The zero-order chi connectivity index (χ0) is 13.3. The van der Waals surface area contributed by atoms with Gasteiger partial charge in [0.25, 0.3) is 0 Å². The predicted molar refractivity (Wildman–Crippen MR) is 73.6 cm³/mol. The summed E-state index contributed by atoms with van der Waals surface area (Å²) in [6.45, 7) is 0.285. The Morgan fingerprint density at radius 2 is 2.22 bits per heavy atom. The number of anilines is 2. The highest BCUT2D eigenvalue weighted by Crippen LogP contribution is 2.38. The van der Waals surface area contributed by atoms with E-state index in [-0.39, 0.29) is 18.4 Å². The molecule has 0 spiro atoms. The summed E-state index contributed by atoms with van der Waals surface area (Å²) in [7, 11) is 1.71. The van der Waals surface area contributed by atoms with E-state index in [1.807, 2.05) is 18.2 Å². The average molecular weight is 312 g/mol. The SMILES string of the molecule is CN1C(=O)CCN(C(=O)CN)c2c(Br)cccc21. The highest BCUT2D eigenvalue weighted by molar-refractivity contribution is 9.10. The number of fused-ring (bicyclic) bond motifs is 1. The molecule has 1 aliphatic rings. The van der Waals surface area contributed by atoms with Crippen LogP contribution in [0.5, 0.6) is 0 Å². The molecule has 0 atom stereocenters. The number of halogens is 1. The molecule has 0 unspecified atom stereocenters. The summed E-state index contributed by atoms with van der Waals surface area (Å²) < 4.78 is 0.781. The standard InChI is InChI=1S/C12H14BrN3O2/c1-15-9-4-2-3-8(13)12(9)16(11(18)7-14)6-5-10(15)17/h2-4H,5-7,14H2,1H3. The van der Waals surface area contributed by atoms with Gasteiger partial charge in [0.2, 0.25) is 11.8 Å². The predicted octanol–water partition coefficient (Wildman–Crippen LogP) is 1.11. The van der Waals surface area contributed by atoms with Crippen LogP contribution in [0, 0.1) is 0 Å². The maximum Gasteiger partial charge on any atom is 0.240 e. The Kier molecular flexibility index (Phi) is 3.68. The third kappa shape index (κ3) is 2.13. The zero-order valence-electron chi connectivity index (χ0n) is 10.0. The van der Waals surface area contributed by atoms with Crippen LogP contribution >= 0.6 is 15.9 Å². The van der Waals surface area contributed by atoms with Crippen LogP contribution in [-0.4, -0.2) is 32.0 Å². The van der Waals surface area contributed by atoms with Crippen molar-refractivity contribution in [3.8, 4) is 0 Å². The molecule has 0 aromatic heterocycles. The highest BCUT2D eigenvalue weighted by Gasteiger charge is 2.28. The molecular weight excluding hydrogens is 298 g/mol. The Labute approximate surface area is 114 Å². The molecule has 6 heteroatoms. The summed E-state index contributed by atoms with van der Waals surface area (Å²) in [6, 6.07) is 5.50. The minimum atomic E-state index is -0.189. The third-order valence-corrected chi connectivity index (χ3v) is 3.64. The van der Waals surface area contributed by atoms with E-state index < -0.39 is 0 Å². The fraction of sp³-hybridized carbons (Fsp3) is 0.333. The second-order valence-electron chi connectivity index (χ2n) is 4.06. The Hall–Kier alpha value is -1.40. The van der Waals surface area contributed by atoms with Gasteiger partial charge in [-0.25, -0.2) is 0 Å². The van der Waals surface area contributed by atoms with Crippen molar-refractivity contribution in [3.05, 3.63) is 22.7 Å². The van der Waals surface area contributed by atoms with Crippen molar-refractivity contribution in [2.45, 2.75) is 6.42 Å². The third-order valence-electron chi connectivity index (χ3n) is 3.00. The van der Waals surface area contributed by atoms with Crippen LogP contribution in [-0.2, 0) is 9.59 Å². The molecular formula is C12H14BrN3O2. The van der Waals surface area contributed by atoms with Crippen molar-refractivity contribution in [3.63, 3.8) is 0 Å². The molecule has 0 saturated carbocycles. The lowest BCUT2D eigenvalue weighted by atomic mass is 10.2. The number of carbonyl (C=O) groups is 2. The van der Waals surface area contributed by atoms with Gasteiger partial charge in [0.15, 0.2) is 0 Å². The van der Waals surface area contributed by atoms with Gasteiger partial charge in [-0.2, -0.15) is 0 Å². The van der Waals surface area contributed by atoms with Crippen LogP contribution in [0.3, 0.4) is 0 Å². The van der Waals surface area contributed by atoms with Gasteiger partial charge >= 0.3 is 0 Å². The average Bonchev–Trinajstić information content (AvgIpc) is 2.50. The lowest BCUT2D eigenvalue weighted by molar-refractivity contribution is -0.118. The summed E-state index contributed by atoms with van der Waals surface area (Å²) in [5, 5.41) is 0. The summed E-state index contributed by atoms with van der Waals surface area (Å²) in [6.07, 6.45) is 0.295. The van der Waals surface area contributed by atoms with Crippen molar-refractivity contribution in [1.29, 1.82) is 0 Å². The van der Waals surface area contributed by atoms with E-state index in [0.717, 1.165) is 4.47 Å². The minimum Gasteiger partial charge on any atom is -0.322 e. The zero-order valence-corrected chi connectivity index (χ0v) is 11.6. The molecule has 2 N–H and O–H groups in total. The quantitative estimate of drug-likeness (QED) is 0.845. The molecule has 1 aromatic carbocycles. The first-order valence-electron chi connectivity index (χ1n) is 5.61. The first-order chi connectivity index (χ1) is 8.56. The van der Waals surface area contributed by atoms with E-state index in [4.69, 9.17) is 5.73 Å². The number of amides is 2. The molecule has 0 radical (unpaired) electrons. The number of rotatable bonds is 1. The van der Waals surface area contributed by atoms with Crippen LogP contribution in [0.2, 0.25) is 0 Å². The lowest BCUT2D eigenvalue weighted by Crippen LogP contribution is -2.36. The number of hydrogen-bond acceptors (Lipinski definition) is 3. The van der Waals surface area contributed by atoms with Crippen LogP contribution in [0.1, 0.15) is 6.42 Å². The van der Waals surface area contributed by atoms with Crippen LogP contribution in [0.15, 0.2) is 22.7 Å². The number of hydrogen-bond donors (Lipinski definition) is 1. The molecule has 1 aromatic rings. The summed E-state index contributed by atoms with van der Waals surface area (Å²) in [4.78, 5) is 26.9. The number of nitrogens with two attached hydrogens (primary N) is 1. The largest absolute Gasteiger partial charge is 0.322 e. The van der Waals surface area contributed by atoms with E-state index >= 15 is 0 Å². The van der Waals surface area contributed by atoms with Crippen molar-refractivity contribution in [1.82, 2.24) is 0 Å². The molecule has 2 amide bonds. The number of carbonyl (C=O) groups excluding carboxylic acids is 2. The van der Waals surface area contributed by atoms with Crippen molar-refractivity contribution in [2.24, 2.45) is 5.73 Å². The van der Waals surface area contributed by atoms with Gasteiger partial charge in [0.05, 0.1) is 17.9 Å². The van der Waals surface area contributed by atoms with Crippen molar-refractivity contribution < 1.29 is 9.59 Å². The van der Waals surface area contributed by atoms with Crippen LogP contribution in [0.4, 0.5) is 11.4 Å². The van der Waals surface area contributed by atoms with Crippen molar-refractivity contribution >= 4 is 39.1 Å². The van der Waals surface area contributed by atoms with Gasteiger partial charge in [-0.05, 0) is 28.1 Å². The Morgan fingerprint density at radius 1 is 1.50 bits per heavy atom. The summed E-state index contributed by atoms with van der Waals surface area (Å²) in [5.41, 5.74) is 6.85.